The number of nitrogens with one attached hydrogen (secondary N) is 2. The number of nitrogens with zero attached hydrogens (tertiary/aromatic N) is 5. The minimum absolute atomic E-state index is 0.0212. The molecule has 3 rings (SSSR count). The normalized spacial score (nSPS) is 12.3. The van der Waals surface area contributed by atoms with Crippen molar-refractivity contribution in [3.05, 3.63) is 24.3 Å². The maximum absolute atomic E-state index is 13.1. The van der Waals surface area contributed by atoms with Gasteiger partial charge in [0, 0.05) is 6.07 Å². The lowest BCUT2D eigenvalue weighted by atomic mass is 10.3. The highest BCUT2D eigenvalue weighted by atomic mass is 32.2. The van der Waals surface area contributed by atoms with Gasteiger partial charge in [-0.3, -0.25) is 10.1 Å². The van der Waals surface area contributed by atoms with Gasteiger partial charge >= 0.3 is 0 Å². The average molecular weight is 366 g/mol. The fraction of sp³-hybridized carbons (Fsp3) is 0.231. The first-order valence-corrected chi connectivity index (χ1v) is 7.98. The van der Waals surface area contributed by atoms with Gasteiger partial charge in [-0.1, -0.05) is 18.7 Å². The topological polar surface area (TPSA) is 135 Å². The maximum Gasteiger partial charge on any atom is 0.240 e. The molecule has 0 unspecified atom stereocenters. The van der Waals surface area contributed by atoms with Crippen molar-refractivity contribution in [2.24, 2.45) is 0 Å². The molecule has 0 aliphatic carbocycles. The van der Waals surface area contributed by atoms with Crippen molar-refractivity contribution in [1.29, 1.82) is 0 Å². The first-order valence-electron chi connectivity index (χ1n) is 7.10. The van der Waals surface area contributed by atoms with Crippen LogP contribution in [0, 0.1) is 11.9 Å². The molecule has 0 aliphatic heterocycles. The quantitative estimate of drug-likeness (QED) is 0.457. The number of hydrogen-bond donors (Lipinski definition) is 3. The number of amides is 1. The molecule has 3 aromatic heterocycles. The summed E-state index contributed by atoms with van der Waals surface area (Å²) >= 11 is 1.12. The van der Waals surface area contributed by atoms with E-state index in [2.05, 4.69) is 35.2 Å². The van der Waals surface area contributed by atoms with E-state index in [0.717, 1.165) is 11.8 Å². The number of thioether (sulfide) groups is 1. The Bertz CT molecular complexity index is 913. The second kappa shape index (κ2) is 6.93. The van der Waals surface area contributed by atoms with Crippen LogP contribution >= 0.6 is 11.8 Å². The third-order valence-electron chi connectivity index (χ3n) is 3.09. The fourth-order valence-electron chi connectivity index (χ4n) is 2.00. The molecule has 3 heterocycles. The third kappa shape index (κ3) is 3.79. The van der Waals surface area contributed by atoms with E-state index in [1.54, 1.807) is 6.92 Å². The molecule has 1 amide bonds. The average Bonchev–Trinajstić information content (AvgIpc) is 2.99. The summed E-state index contributed by atoms with van der Waals surface area (Å²) in [5.74, 6) is -3.11. The molecule has 25 heavy (non-hydrogen) atoms. The Morgan fingerprint density at radius 2 is 2.04 bits per heavy atom. The van der Waals surface area contributed by atoms with Crippen LogP contribution in [0.3, 0.4) is 0 Å². The standard InChI is InChI=1S/C13H12F2N8OS/c1-2-5(10(24)22-13-19-6(14)3-7(15)20-13)25-11-8-9(18-4-17-8)21-12(16)23-11/h3-5H,2H2,1H3,(H,19,20,22,24)(H3,16,17,18,21,23)/t5-/m1/s1. The van der Waals surface area contributed by atoms with E-state index in [9.17, 15) is 13.6 Å². The van der Waals surface area contributed by atoms with Gasteiger partial charge in [-0.05, 0) is 6.42 Å². The highest BCUT2D eigenvalue weighted by Gasteiger charge is 2.22. The van der Waals surface area contributed by atoms with Crippen molar-refractivity contribution in [3.8, 4) is 0 Å². The lowest BCUT2D eigenvalue weighted by Gasteiger charge is -2.13. The van der Waals surface area contributed by atoms with Crippen LogP contribution in [-0.4, -0.2) is 41.1 Å². The van der Waals surface area contributed by atoms with Crippen LogP contribution in [-0.2, 0) is 4.79 Å². The van der Waals surface area contributed by atoms with Gasteiger partial charge in [-0.15, -0.1) is 0 Å². The molecule has 0 saturated carbocycles. The van der Waals surface area contributed by atoms with Gasteiger partial charge in [0.1, 0.15) is 10.5 Å². The van der Waals surface area contributed by atoms with E-state index in [1.165, 1.54) is 6.33 Å². The number of hydrogen-bond acceptors (Lipinski definition) is 8. The Morgan fingerprint density at radius 3 is 2.72 bits per heavy atom. The van der Waals surface area contributed by atoms with E-state index in [0.29, 0.717) is 28.7 Å². The molecule has 12 heteroatoms. The molecule has 0 fully saturated rings. The largest absolute Gasteiger partial charge is 0.368 e. The number of aromatic amines is 1. The minimum Gasteiger partial charge on any atom is -0.368 e. The minimum atomic E-state index is -1.08. The van der Waals surface area contributed by atoms with Crippen molar-refractivity contribution in [2.75, 3.05) is 11.1 Å². The van der Waals surface area contributed by atoms with Crippen LogP contribution in [0.25, 0.3) is 11.2 Å². The zero-order chi connectivity index (χ0) is 18.0. The Morgan fingerprint density at radius 1 is 1.32 bits per heavy atom. The predicted molar refractivity (Wildman–Crippen MR) is 86.6 cm³/mol. The van der Waals surface area contributed by atoms with E-state index >= 15 is 0 Å². The van der Waals surface area contributed by atoms with Crippen molar-refractivity contribution in [1.82, 2.24) is 29.9 Å². The smallest absolute Gasteiger partial charge is 0.240 e. The summed E-state index contributed by atoms with van der Waals surface area (Å²) in [6.07, 6.45) is 1.85. The number of anilines is 2. The van der Waals surface area contributed by atoms with E-state index < -0.39 is 29.0 Å². The highest BCUT2D eigenvalue weighted by molar-refractivity contribution is 8.00. The molecule has 9 nitrogen and oxygen atoms in total. The van der Waals surface area contributed by atoms with E-state index in [-0.39, 0.29) is 5.95 Å². The molecule has 3 aromatic rings. The lowest BCUT2D eigenvalue weighted by molar-refractivity contribution is -0.115. The fourth-order valence-corrected chi connectivity index (χ4v) is 3.02. The molecule has 0 spiro atoms. The Hall–Kier alpha value is -2.89. The zero-order valence-electron chi connectivity index (χ0n) is 12.8. The monoisotopic (exact) mass is 366 g/mol. The van der Waals surface area contributed by atoms with Crippen molar-refractivity contribution >= 4 is 40.7 Å². The summed E-state index contributed by atoms with van der Waals surface area (Å²) in [5.41, 5.74) is 6.56. The number of carbonyl (C=O) groups is 1. The zero-order valence-corrected chi connectivity index (χ0v) is 13.6. The van der Waals surface area contributed by atoms with Gasteiger partial charge in [-0.25, -0.2) is 9.97 Å². The van der Waals surface area contributed by atoms with Crippen LogP contribution in [0.5, 0.6) is 0 Å². The molecule has 130 valence electrons. The molecule has 0 radical (unpaired) electrons. The molecule has 0 saturated heterocycles. The summed E-state index contributed by atoms with van der Waals surface area (Å²) in [6.45, 7) is 1.78. The lowest BCUT2D eigenvalue weighted by Crippen LogP contribution is -2.26. The van der Waals surface area contributed by atoms with E-state index in [1.807, 2.05) is 0 Å². The third-order valence-corrected chi connectivity index (χ3v) is 4.44. The SMILES string of the molecule is CC[C@@H](Sc1nc(N)nc2nc[nH]c12)C(=O)Nc1nc(F)cc(F)n1. The molecule has 0 aliphatic rings. The molecule has 1 atom stereocenters. The molecular weight excluding hydrogens is 354 g/mol. The summed E-state index contributed by atoms with van der Waals surface area (Å²) in [7, 11) is 0. The molecule has 0 aromatic carbocycles. The number of aromatic nitrogens is 6. The van der Waals surface area contributed by atoms with Crippen molar-refractivity contribution < 1.29 is 13.6 Å². The first-order chi connectivity index (χ1) is 12.0. The van der Waals surface area contributed by atoms with Gasteiger partial charge in [-0.2, -0.15) is 23.7 Å². The maximum atomic E-state index is 13.1. The van der Waals surface area contributed by atoms with Gasteiger partial charge in [0.2, 0.25) is 29.7 Å². The Labute approximate surface area is 143 Å². The summed E-state index contributed by atoms with van der Waals surface area (Å²) in [6, 6.07) is 0.514. The second-order valence-corrected chi connectivity index (χ2v) is 6.02. The van der Waals surface area contributed by atoms with Crippen LogP contribution in [0.1, 0.15) is 13.3 Å². The van der Waals surface area contributed by atoms with Gasteiger partial charge < -0.3 is 10.7 Å². The van der Waals surface area contributed by atoms with E-state index in [4.69, 9.17) is 5.73 Å². The van der Waals surface area contributed by atoms with Crippen LogP contribution < -0.4 is 11.1 Å². The van der Waals surface area contributed by atoms with Crippen molar-refractivity contribution in [2.45, 2.75) is 23.6 Å². The molecule has 4 N–H and O–H groups in total. The number of nitrogens with two attached hydrogens (primary N) is 1. The summed E-state index contributed by atoms with van der Waals surface area (Å²) in [5, 5.41) is 2.10. The molecular formula is C13H12F2N8OS. The van der Waals surface area contributed by atoms with Gasteiger partial charge in [0.15, 0.2) is 5.65 Å². The molecule has 0 bridgehead atoms. The van der Waals surface area contributed by atoms with Crippen LogP contribution in [0.4, 0.5) is 20.7 Å². The van der Waals surface area contributed by atoms with Gasteiger partial charge in [0.05, 0.1) is 11.6 Å². The Balaban J connectivity index is 1.81. The first kappa shape index (κ1) is 17.0. The predicted octanol–water partition coefficient (Wildman–Crippen LogP) is 1.51. The summed E-state index contributed by atoms with van der Waals surface area (Å²) < 4.78 is 26.2. The number of fused-ring (bicyclic) bond motifs is 1. The number of carbonyl (C=O) groups excluding carboxylic acids is 1. The number of rotatable bonds is 5. The second-order valence-electron chi connectivity index (χ2n) is 4.83. The van der Waals surface area contributed by atoms with Gasteiger partial charge in [0.25, 0.3) is 0 Å². The van der Waals surface area contributed by atoms with Crippen molar-refractivity contribution in [3.63, 3.8) is 0 Å². The number of nitrogen functional groups attached to an aromatic ring is 1. The number of imidazole rings is 1. The Kier molecular flexibility index (Phi) is 4.70. The van der Waals surface area contributed by atoms with Crippen LogP contribution in [0.2, 0.25) is 0 Å². The summed E-state index contributed by atoms with van der Waals surface area (Å²) in [4.78, 5) is 34.0. The number of halogens is 2. The van der Waals surface area contributed by atoms with Crippen LogP contribution in [0.15, 0.2) is 17.4 Å². The highest BCUT2D eigenvalue weighted by Crippen LogP contribution is 2.29. The number of H-pyrrole nitrogens is 1.